The van der Waals surface area contributed by atoms with Crippen LogP contribution in [0.1, 0.15) is 21.7 Å². The summed E-state index contributed by atoms with van der Waals surface area (Å²) in [4.78, 5) is 26.8. The summed E-state index contributed by atoms with van der Waals surface area (Å²) in [6.07, 6.45) is 2.47. The fourth-order valence-corrected chi connectivity index (χ4v) is 3.32. The molecule has 1 aromatic carbocycles. The fourth-order valence-electron chi connectivity index (χ4n) is 3.32. The summed E-state index contributed by atoms with van der Waals surface area (Å²) in [6, 6.07) is 5.68. The molecule has 26 heavy (non-hydrogen) atoms. The quantitative estimate of drug-likeness (QED) is 0.679. The lowest BCUT2D eigenvalue weighted by Gasteiger charge is -2.26. The molecule has 3 aromatic rings. The van der Waals surface area contributed by atoms with Gasteiger partial charge in [-0.25, -0.2) is 9.97 Å². The molecule has 1 amide bonds. The van der Waals surface area contributed by atoms with E-state index in [2.05, 4.69) is 20.3 Å². The number of ether oxygens (including phenoxy) is 1. The average Bonchev–Trinajstić information content (AvgIpc) is 3.25. The van der Waals surface area contributed by atoms with Crippen LogP contribution in [0.2, 0.25) is 0 Å². The van der Waals surface area contributed by atoms with Crippen molar-refractivity contribution in [1.29, 1.82) is 0 Å². The maximum atomic E-state index is 12.9. The summed E-state index contributed by atoms with van der Waals surface area (Å²) >= 11 is 0. The lowest BCUT2D eigenvalue weighted by molar-refractivity contribution is 0.0732. The third kappa shape index (κ3) is 2.92. The molecule has 136 valence electrons. The van der Waals surface area contributed by atoms with Gasteiger partial charge in [-0.1, -0.05) is 0 Å². The van der Waals surface area contributed by atoms with Crippen molar-refractivity contribution in [3.63, 3.8) is 0 Å². The Labute approximate surface area is 151 Å². The zero-order valence-electron chi connectivity index (χ0n) is 15.0. The van der Waals surface area contributed by atoms with Crippen molar-refractivity contribution in [2.24, 2.45) is 7.05 Å². The largest absolute Gasteiger partial charge is 0.383 e. The standard InChI is InChI=1S/C18H22N6O2/c1-23-16-4-3-12(9-14(16)22-18(23)19-6-8-26-2)17(25)24-7-5-13-15(10-24)21-11-20-13/h3-4,9,11H,5-8,10H2,1-2H3,(H,19,22)(H,20,21). The first-order valence-electron chi connectivity index (χ1n) is 8.67. The number of amides is 1. The third-order valence-electron chi connectivity index (χ3n) is 4.78. The molecule has 0 radical (unpaired) electrons. The minimum Gasteiger partial charge on any atom is -0.383 e. The number of imidazole rings is 2. The van der Waals surface area contributed by atoms with Crippen molar-refractivity contribution in [3.8, 4) is 0 Å². The normalized spacial score (nSPS) is 13.8. The van der Waals surface area contributed by atoms with Gasteiger partial charge in [-0.3, -0.25) is 4.79 Å². The van der Waals surface area contributed by atoms with Crippen molar-refractivity contribution < 1.29 is 9.53 Å². The van der Waals surface area contributed by atoms with Gasteiger partial charge in [-0.2, -0.15) is 0 Å². The molecule has 0 aliphatic carbocycles. The topological polar surface area (TPSA) is 88.1 Å². The van der Waals surface area contributed by atoms with Crippen LogP contribution in [0.25, 0.3) is 11.0 Å². The number of anilines is 1. The van der Waals surface area contributed by atoms with E-state index in [0.29, 0.717) is 31.8 Å². The van der Waals surface area contributed by atoms with Gasteiger partial charge >= 0.3 is 0 Å². The van der Waals surface area contributed by atoms with Crippen molar-refractivity contribution in [2.75, 3.05) is 32.1 Å². The number of nitrogens with zero attached hydrogens (tertiary/aromatic N) is 4. The molecule has 0 unspecified atom stereocenters. The zero-order valence-corrected chi connectivity index (χ0v) is 15.0. The van der Waals surface area contributed by atoms with Gasteiger partial charge < -0.3 is 24.5 Å². The maximum absolute atomic E-state index is 12.9. The number of nitrogens with one attached hydrogen (secondary N) is 2. The molecule has 1 aliphatic rings. The summed E-state index contributed by atoms with van der Waals surface area (Å²) in [7, 11) is 3.62. The Hall–Kier alpha value is -2.87. The minimum absolute atomic E-state index is 0.0201. The molecule has 3 heterocycles. The number of hydrogen-bond acceptors (Lipinski definition) is 5. The summed E-state index contributed by atoms with van der Waals surface area (Å²) < 4.78 is 7.04. The van der Waals surface area contributed by atoms with Gasteiger partial charge in [0, 0.05) is 39.2 Å². The molecular formula is C18H22N6O2. The predicted octanol–water partition coefficient (Wildman–Crippen LogP) is 1.55. The van der Waals surface area contributed by atoms with Crippen LogP contribution in [0, 0.1) is 0 Å². The zero-order chi connectivity index (χ0) is 18.1. The predicted molar refractivity (Wildman–Crippen MR) is 98.1 cm³/mol. The lowest BCUT2D eigenvalue weighted by atomic mass is 10.1. The highest BCUT2D eigenvalue weighted by Gasteiger charge is 2.23. The average molecular weight is 354 g/mol. The highest BCUT2D eigenvalue weighted by molar-refractivity contribution is 5.97. The van der Waals surface area contributed by atoms with Crippen LogP contribution >= 0.6 is 0 Å². The number of fused-ring (bicyclic) bond motifs is 2. The Kier molecular flexibility index (Phi) is 4.34. The Morgan fingerprint density at radius 3 is 3.15 bits per heavy atom. The van der Waals surface area contributed by atoms with E-state index in [9.17, 15) is 4.79 Å². The molecule has 0 saturated heterocycles. The Bertz CT molecular complexity index is 944. The number of carbonyl (C=O) groups is 1. The van der Waals surface area contributed by atoms with Crippen LogP contribution < -0.4 is 5.32 Å². The summed E-state index contributed by atoms with van der Waals surface area (Å²) in [5.41, 5.74) is 4.52. The number of benzene rings is 1. The molecule has 0 fully saturated rings. The first-order valence-corrected chi connectivity index (χ1v) is 8.67. The number of aryl methyl sites for hydroxylation is 1. The SMILES string of the molecule is COCCNc1nc2cc(C(=O)N3CCc4nc[nH]c4C3)ccc2n1C. The van der Waals surface area contributed by atoms with Crippen molar-refractivity contribution in [3.05, 3.63) is 41.5 Å². The van der Waals surface area contributed by atoms with E-state index in [4.69, 9.17) is 4.74 Å². The Balaban J connectivity index is 1.56. The van der Waals surface area contributed by atoms with E-state index in [1.54, 1.807) is 13.4 Å². The highest BCUT2D eigenvalue weighted by Crippen LogP contribution is 2.22. The van der Waals surface area contributed by atoms with Crippen molar-refractivity contribution >= 4 is 22.9 Å². The van der Waals surface area contributed by atoms with E-state index >= 15 is 0 Å². The molecular weight excluding hydrogens is 332 g/mol. The van der Waals surface area contributed by atoms with Crippen LogP contribution in [0.3, 0.4) is 0 Å². The van der Waals surface area contributed by atoms with Gasteiger partial charge in [0.15, 0.2) is 0 Å². The number of H-pyrrole nitrogens is 1. The molecule has 8 nitrogen and oxygen atoms in total. The number of methoxy groups -OCH3 is 1. The molecule has 1 aliphatic heterocycles. The molecule has 2 N–H and O–H groups in total. The van der Waals surface area contributed by atoms with E-state index in [1.807, 2.05) is 34.7 Å². The number of aromatic amines is 1. The third-order valence-corrected chi connectivity index (χ3v) is 4.78. The van der Waals surface area contributed by atoms with E-state index < -0.39 is 0 Å². The first-order chi connectivity index (χ1) is 12.7. The van der Waals surface area contributed by atoms with Crippen LogP contribution in [0.4, 0.5) is 5.95 Å². The smallest absolute Gasteiger partial charge is 0.254 e. The van der Waals surface area contributed by atoms with Gasteiger partial charge in [0.05, 0.1) is 41.9 Å². The monoisotopic (exact) mass is 354 g/mol. The Morgan fingerprint density at radius 2 is 2.31 bits per heavy atom. The highest BCUT2D eigenvalue weighted by atomic mass is 16.5. The number of aromatic nitrogens is 4. The van der Waals surface area contributed by atoms with Crippen molar-refractivity contribution in [1.82, 2.24) is 24.4 Å². The minimum atomic E-state index is 0.0201. The molecule has 0 saturated carbocycles. The number of carbonyl (C=O) groups excluding carboxylic acids is 1. The molecule has 8 heteroatoms. The second-order valence-electron chi connectivity index (χ2n) is 6.42. The lowest BCUT2D eigenvalue weighted by Crippen LogP contribution is -2.36. The van der Waals surface area contributed by atoms with E-state index in [1.165, 1.54) is 0 Å². The fraction of sp³-hybridized carbons (Fsp3) is 0.389. The summed E-state index contributed by atoms with van der Waals surface area (Å²) in [5.74, 6) is 0.786. The van der Waals surface area contributed by atoms with Gasteiger partial charge in [0.25, 0.3) is 5.91 Å². The van der Waals surface area contributed by atoms with Crippen LogP contribution in [0.5, 0.6) is 0 Å². The second-order valence-corrected chi connectivity index (χ2v) is 6.42. The van der Waals surface area contributed by atoms with Crippen molar-refractivity contribution in [2.45, 2.75) is 13.0 Å². The number of rotatable bonds is 5. The second kappa shape index (κ2) is 6.80. The molecule has 0 atom stereocenters. The van der Waals surface area contributed by atoms with Gasteiger partial charge in [-0.15, -0.1) is 0 Å². The van der Waals surface area contributed by atoms with E-state index in [-0.39, 0.29) is 5.91 Å². The molecule has 4 rings (SSSR count). The van der Waals surface area contributed by atoms with Gasteiger partial charge in [0.2, 0.25) is 5.95 Å². The first kappa shape index (κ1) is 16.6. The molecule has 0 spiro atoms. The Morgan fingerprint density at radius 1 is 1.42 bits per heavy atom. The van der Waals surface area contributed by atoms with Gasteiger partial charge in [0.1, 0.15) is 0 Å². The van der Waals surface area contributed by atoms with Crippen LogP contribution in [0.15, 0.2) is 24.5 Å². The maximum Gasteiger partial charge on any atom is 0.254 e. The van der Waals surface area contributed by atoms with Crippen LogP contribution in [-0.2, 0) is 24.8 Å². The molecule has 0 bridgehead atoms. The molecule has 2 aromatic heterocycles. The summed E-state index contributed by atoms with van der Waals surface area (Å²) in [5, 5.41) is 3.24. The van der Waals surface area contributed by atoms with Crippen LogP contribution in [-0.4, -0.2) is 57.1 Å². The van der Waals surface area contributed by atoms with E-state index in [0.717, 1.165) is 34.8 Å². The number of hydrogen-bond donors (Lipinski definition) is 2. The van der Waals surface area contributed by atoms with Gasteiger partial charge in [-0.05, 0) is 18.2 Å². The summed E-state index contributed by atoms with van der Waals surface area (Å²) in [6.45, 7) is 2.54.